The zero-order valence-electron chi connectivity index (χ0n) is 13.8. The van der Waals surface area contributed by atoms with E-state index in [4.69, 9.17) is 0 Å². The van der Waals surface area contributed by atoms with Crippen molar-refractivity contribution >= 4 is 6.08 Å². The monoisotopic (exact) mass is 322 g/mol. The summed E-state index contributed by atoms with van der Waals surface area (Å²) in [7, 11) is 0. The van der Waals surface area contributed by atoms with E-state index >= 15 is 0 Å². The summed E-state index contributed by atoms with van der Waals surface area (Å²) in [6.07, 6.45) is 11.7. The first-order valence-electron chi connectivity index (χ1n) is 8.93. The van der Waals surface area contributed by atoms with E-state index in [9.17, 15) is 4.39 Å². The van der Waals surface area contributed by atoms with Crippen LogP contribution in [0.1, 0.15) is 31.4 Å². The van der Waals surface area contributed by atoms with Crippen molar-refractivity contribution < 1.29 is 4.39 Å². The first-order chi connectivity index (χ1) is 11.8. The van der Waals surface area contributed by atoms with E-state index in [2.05, 4.69) is 22.5 Å². The van der Waals surface area contributed by atoms with Gasteiger partial charge in [0.05, 0.1) is 5.69 Å². The van der Waals surface area contributed by atoms with Gasteiger partial charge < -0.3 is 5.32 Å². The van der Waals surface area contributed by atoms with Gasteiger partial charge in [0.15, 0.2) is 0 Å². The molecule has 0 radical (unpaired) electrons. The average molecular weight is 322 g/mol. The zero-order chi connectivity index (χ0) is 16.4. The molecule has 1 saturated heterocycles. The highest BCUT2D eigenvalue weighted by atomic mass is 19.1. The maximum absolute atomic E-state index is 13.3. The molecule has 2 aromatic rings. The highest BCUT2D eigenvalue weighted by Crippen LogP contribution is 2.36. The summed E-state index contributed by atoms with van der Waals surface area (Å²) in [6.45, 7) is 1.16. The zero-order valence-corrected chi connectivity index (χ0v) is 13.8. The van der Waals surface area contributed by atoms with Crippen LogP contribution in [0.15, 0.2) is 48.7 Å². The fourth-order valence-corrected chi connectivity index (χ4v) is 4.16. The van der Waals surface area contributed by atoms with Crippen molar-refractivity contribution in [2.45, 2.75) is 31.7 Å². The van der Waals surface area contributed by atoms with E-state index in [0.717, 1.165) is 35.2 Å². The van der Waals surface area contributed by atoms with Crippen LogP contribution in [0, 0.1) is 17.7 Å². The van der Waals surface area contributed by atoms with E-state index in [1.54, 1.807) is 6.07 Å². The van der Waals surface area contributed by atoms with Gasteiger partial charge in [-0.15, -0.1) is 0 Å². The summed E-state index contributed by atoms with van der Waals surface area (Å²) in [5.74, 6) is 1.43. The van der Waals surface area contributed by atoms with Crippen molar-refractivity contribution in [1.29, 1.82) is 0 Å². The highest BCUT2D eigenvalue weighted by molar-refractivity contribution is 5.63. The largest absolute Gasteiger partial charge is 0.310 e. The molecule has 1 aliphatic heterocycles. The molecule has 1 aromatic heterocycles. The lowest BCUT2D eigenvalue weighted by Gasteiger charge is -2.26. The molecule has 2 nitrogen and oxygen atoms in total. The van der Waals surface area contributed by atoms with Crippen LogP contribution in [0.4, 0.5) is 4.39 Å². The van der Waals surface area contributed by atoms with Gasteiger partial charge in [-0.05, 0) is 61.1 Å². The van der Waals surface area contributed by atoms with Crippen LogP contribution < -0.4 is 5.32 Å². The Morgan fingerprint density at radius 1 is 1.08 bits per heavy atom. The molecule has 2 aliphatic rings. The number of hydrogen-bond donors (Lipinski definition) is 1. The Hall–Kier alpha value is -2.00. The number of nitrogens with one attached hydrogen (secondary N) is 1. The molecular weight excluding hydrogens is 299 g/mol. The van der Waals surface area contributed by atoms with E-state index in [0.29, 0.717) is 6.04 Å². The third kappa shape index (κ3) is 3.27. The molecule has 1 saturated carbocycles. The second-order valence-electron chi connectivity index (χ2n) is 6.98. The van der Waals surface area contributed by atoms with Crippen LogP contribution in [0.2, 0.25) is 0 Å². The Balaban J connectivity index is 1.45. The lowest BCUT2D eigenvalue weighted by atomic mass is 9.78. The number of pyridine rings is 1. The maximum atomic E-state index is 13.3. The Morgan fingerprint density at radius 2 is 2.00 bits per heavy atom. The van der Waals surface area contributed by atoms with E-state index in [1.807, 2.05) is 24.4 Å². The number of hydrogen-bond acceptors (Lipinski definition) is 2. The second kappa shape index (κ2) is 6.86. The molecule has 2 heterocycles. The minimum Gasteiger partial charge on any atom is -0.310 e. The molecule has 0 unspecified atom stereocenters. The van der Waals surface area contributed by atoms with Gasteiger partial charge in [-0.1, -0.05) is 37.1 Å². The van der Waals surface area contributed by atoms with Crippen molar-refractivity contribution in [2.75, 3.05) is 6.54 Å². The minimum atomic E-state index is -0.217. The van der Waals surface area contributed by atoms with Crippen molar-refractivity contribution in [2.24, 2.45) is 11.8 Å². The van der Waals surface area contributed by atoms with E-state index < -0.39 is 0 Å². The third-order valence-electron chi connectivity index (χ3n) is 5.46. The lowest BCUT2D eigenvalue weighted by Crippen LogP contribution is -2.26. The Bertz CT molecular complexity index is 723. The molecule has 0 spiro atoms. The maximum Gasteiger partial charge on any atom is 0.123 e. The summed E-state index contributed by atoms with van der Waals surface area (Å²) < 4.78 is 13.3. The first kappa shape index (κ1) is 15.5. The number of rotatable bonds is 3. The van der Waals surface area contributed by atoms with Crippen LogP contribution in [0.3, 0.4) is 0 Å². The summed E-state index contributed by atoms with van der Waals surface area (Å²) >= 11 is 0. The van der Waals surface area contributed by atoms with E-state index in [-0.39, 0.29) is 5.82 Å². The number of benzene rings is 1. The molecule has 3 heteroatoms. The molecule has 0 bridgehead atoms. The number of aromatic nitrogens is 1. The fraction of sp³-hybridized carbons (Fsp3) is 0.381. The molecule has 2 fully saturated rings. The third-order valence-corrected chi connectivity index (χ3v) is 5.46. The normalized spacial score (nSPS) is 26.6. The van der Waals surface area contributed by atoms with Crippen molar-refractivity contribution in [1.82, 2.24) is 10.3 Å². The van der Waals surface area contributed by atoms with Crippen LogP contribution in [0.25, 0.3) is 17.2 Å². The Morgan fingerprint density at radius 3 is 2.83 bits per heavy atom. The van der Waals surface area contributed by atoms with Crippen molar-refractivity contribution in [3.8, 4) is 11.1 Å². The Kier molecular flexibility index (Phi) is 4.44. The molecule has 24 heavy (non-hydrogen) atoms. The van der Waals surface area contributed by atoms with Crippen LogP contribution in [-0.4, -0.2) is 17.6 Å². The molecule has 4 rings (SSSR count). The van der Waals surface area contributed by atoms with Gasteiger partial charge in [0.25, 0.3) is 0 Å². The van der Waals surface area contributed by atoms with Crippen molar-refractivity contribution in [3.63, 3.8) is 0 Å². The average Bonchev–Trinajstić information content (AvgIpc) is 3.04. The predicted molar refractivity (Wildman–Crippen MR) is 95.9 cm³/mol. The van der Waals surface area contributed by atoms with Gasteiger partial charge in [0.1, 0.15) is 5.82 Å². The van der Waals surface area contributed by atoms with Gasteiger partial charge in [-0.25, -0.2) is 4.39 Å². The smallest absolute Gasteiger partial charge is 0.123 e. The number of halogens is 1. The quantitative estimate of drug-likeness (QED) is 0.887. The van der Waals surface area contributed by atoms with Crippen LogP contribution >= 0.6 is 0 Å². The van der Waals surface area contributed by atoms with Gasteiger partial charge in [-0.2, -0.15) is 0 Å². The van der Waals surface area contributed by atoms with E-state index in [1.165, 1.54) is 37.8 Å². The molecule has 124 valence electrons. The van der Waals surface area contributed by atoms with Gasteiger partial charge in [-0.3, -0.25) is 4.98 Å². The predicted octanol–water partition coefficient (Wildman–Crippen LogP) is 4.68. The summed E-state index contributed by atoms with van der Waals surface area (Å²) in [5.41, 5.74) is 2.76. The van der Waals surface area contributed by atoms with Crippen LogP contribution in [0.5, 0.6) is 0 Å². The first-order valence-corrected chi connectivity index (χ1v) is 8.93. The molecule has 1 aromatic carbocycles. The SMILES string of the molecule is Fc1cccc(-c2ccc(/C=C/[C@@H]3NC[C@@H]4CCCC[C@@H]43)nc2)c1. The summed E-state index contributed by atoms with van der Waals surface area (Å²) in [6, 6.07) is 11.1. The Labute approximate surface area is 142 Å². The summed E-state index contributed by atoms with van der Waals surface area (Å²) in [5, 5.41) is 3.66. The van der Waals surface area contributed by atoms with Crippen molar-refractivity contribution in [3.05, 3.63) is 60.2 Å². The summed E-state index contributed by atoms with van der Waals surface area (Å²) in [4.78, 5) is 4.51. The standard InChI is InChI=1S/C21H23FN2/c22-18-6-3-5-15(12-18)16-8-9-19(23-13-16)10-11-21-20-7-2-1-4-17(20)14-24-21/h3,5-6,8-13,17,20-21,24H,1-2,4,7,14H2/b11-10+/t17-,20-,21-/m0/s1. The topological polar surface area (TPSA) is 24.9 Å². The molecule has 3 atom stereocenters. The second-order valence-corrected chi connectivity index (χ2v) is 6.98. The molecule has 1 aliphatic carbocycles. The number of nitrogens with zero attached hydrogens (tertiary/aromatic N) is 1. The number of fused-ring (bicyclic) bond motifs is 1. The van der Waals surface area contributed by atoms with Gasteiger partial charge in [0.2, 0.25) is 0 Å². The molecule has 1 N–H and O–H groups in total. The lowest BCUT2D eigenvalue weighted by molar-refractivity contribution is 0.281. The minimum absolute atomic E-state index is 0.217. The highest BCUT2D eigenvalue weighted by Gasteiger charge is 2.35. The van der Waals surface area contributed by atoms with Crippen LogP contribution in [-0.2, 0) is 0 Å². The molecule has 0 amide bonds. The van der Waals surface area contributed by atoms with Gasteiger partial charge in [0, 0.05) is 17.8 Å². The fourth-order valence-electron chi connectivity index (χ4n) is 4.16. The van der Waals surface area contributed by atoms with Gasteiger partial charge >= 0.3 is 0 Å². The molecular formula is C21H23FN2.